The van der Waals surface area contributed by atoms with Crippen LogP contribution in [0, 0.1) is 38.2 Å². The van der Waals surface area contributed by atoms with E-state index < -0.39 is 29.3 Å². The zero-order chi connectivity index (χ0) is 74.2. The molecule has 0 aliphatic rings. The quantitative estimate of drug-likeness (QED) is 0.0248. The van der Waals surface area contributed by atoms with Crippen LogP contribution in [-0.2, 0) is 87.3 Å². The molecule has 25 heteroatoms. The van der Waals surface area contributed by atoms with E-state index in [2.05, 4.69) is 20.8 Å². The number of benzene rings is 9. The number of carbonyl (C=O) groups excluding carboxylic acids is 3. The number of nitrogens with one attached hydrogen (secondary N) is 1. The van der Waals surface area contributed by atoms with Crippen LogP contribution in [0.2, 0.25) is 0 Å². The molecule has 7 N–H and O–H groups in total. The number of amides is 1. The number of esters is 2. The summed E-state index contributed by atoms with van der Waals surface area (Å²) in [6, 6.07) is 47.9. The fraction of sp³-hybridized carbons (Fsp3) is 0.247. The number of carboxylic acid groups (broad SMARTS) is 1. The number of hydrogen-bond donors (Lipinski definition) is 4. The van der Waals surface area contributed by atoms with Gasteiger partial charge in [0, 0.05) is 103 Å². The number of para-hydroxylation sites is 3. The van der Waals surface area contributed by atoms with E-state index in [0.717, 1.165) is 38.4 Å². The van der Waals surface area contributed by atoms with Crippen molar-refractivity contribution in [3.63, 3.8) is 0 Å². The Labute approximate surface area is 621 Å². The summed E-state index contributed by atoms with van der Waals surface area (Å²) in [5.41, 5.74) is 22.4. The number of nitrogens with two attached hydrogens (primary N) is 2. The molecule has 12 rings (SSSR count). The normalized spacial score (nSPS) is 11.0. The number of aliphatic carboxylic acids is 1. The molecule has 106 heavy (non-hydrogen) atoms. The third-order valence-electron chi connectivity index (χ3n) is 16.5. The van der Waals surface area contributed by atoms with E-state index in [4.69, 9.17) is 58.6 Å². The van der Waals surface area contributed by atoms with Crippen LogP contribution < -0.4 is 49.9 Å². The minimum atomic E-state index is -0.935. The fourth-order valence-electron chi connectivity index (χ4n) is 11.6. The number of aryl methyl sites for hydroxylation is 3. The van der Waals surface area contributed by atoms with Crippen LogP contribution in [-0.4, -0.2) is 68.9 Å². The molecular weight excluding hydrogens is 1360 g/mol. The number of rotatable bonds is 24. The zero-order valence-electron chi connectivity index (χ0n) is 60.2. The van der Waals surface area contributed by atoms with Crippen molar-refractivity contribution in [1.82, 2.24) is 20.8 Å². The molecule has 0 spiro atoms. The van der Waals surface area contributed by atoms with Crippen molar-refractivity contribution in [2.45, 2.75) is 120 Å². The summed E-state index contributed by atoms with van der Waals surface area (Å²) >= 11 is 0. The Morgan fingerprint density at radius 1 is 0.462 bits per heavy atom. The molecule has 0 aliphatic carbocycles. The second-order valence-corrected chi connectivity index (χ2v) is 25.2. The van der Waals surface area contributed by atoms with Crippen LogP contribution in [0.5, 0.6) is 17.2 Å². The number of hydrogen-bond acceptors (Lipinski definition) is 19. The van der Waals surface area contributed by atoms with Gasteiger partial charge in [0.05, 0.1) is 49.6 Å². The Morgan fingerprint density at radius 3 is 1.11 bits per heavy atom. The van der Waals surface area contributed by atoms with Crippen molar-refractivity contribution in [3.8, 4) is 50.6 Å². The molecular formula is C81H80F3LiN6O15. The molecule has 9 aromatic carbocycles. The molecule has 0 bridgehead atoms. The average Bonchev–Trinajstić information content (AvgIpc) is 1.56. The number of carbonyl (C=O) groups is 4. The van der Waals surface area contributed by atoms with Gasteiger partial charge in [-0.15, -0.1) is 0 Å². The SMILES string of the molecule is CCOC(=O)Cc1ccccc1OCc1cc(-c2cccc(CN)c2F)c2onc(C)c2c1.CCOC(=O)Cc1ccccc1OCc1cc(-c2cccc(CNC(=O)OC(C)(C)C)c2F)c2onc(C)c2c1.Cc1noc2c(-c3cccc(CN)c3F)cc(COc3ccccc3CC(=O)O)cc12.[Li+].[OH-]. The number of halogens is 3. The van der Waals surface area contributed by atoms with Gasteiger partial charge in [-0.3, -0.25) is 14.4 Å². The van der Waals surface area contributed by atoms with Gasteiger partial charge in [-0.2, -0.15) is 0 Å². The Kier molecular flexibility index (Phi) is 28.0. The maximum Gasteiger partial charge on any atom is 1.00 e. The minimum Gasteiger partial charge on any atom is -0.870 e. The second kappa shape index (κ2) is 36.9. The van der Waals surface area contributed by atoms with E-state index in [-0.39, 0.29) is 101 Å². The summed E-state index contributed by atoms with van der Waals surface area (Å²) < 4.78 is 96.0. The monoisotopic (exact) mass is 1440 g/mol. The van der Waals surface area contributed by atoms with Crippen LogP contribution in [0.15, 0.2) is 177 Å². The van der Waals surface area contributed by atoms with Gasteiger partial charge >= 0.3 is 42.9 Å². The first-order valence-corrected chi connectivity index (χ1v) is 33.6. The van der Waals surface area contributed by atoms with Crippen LogP contribution in [0.25, 0.3) is 66.3 Å². The largest absolute Gasteiger partial charge is 1.00 e. The number of alkyl carbamates (subject to hydrolysis) is 1. The van der Waals surface area contributed by atoms with Crippen molar-refractivity contribution in [3.05, 3.63) is 248 Å². The number of aromatic nitrogens is 3. The summed E-state index contributed by atoms with van der Waals surface area (Å²) in [6.45, 7) is 15.6. The van der Waals surface area contributed by atoms with Gasteiger partial charge in [-0.1, -0.05) is 125 Å². The molecule has 12 aromatic rings. The third-order valence-corrected chi connectivity index (χ3v) is 16.5. The van der Waals surface area contributed by atoms with Gasteiger partial charge in [0.15, 0.2) is 16.7 Å². The maximum atomic E-state index is 15.8. The topological polar surface area (TPSA) is 316 Å². The van der Waals surface area contributed by atoms with Gasteiger partial charge in [0.2, 0.25) is 0 Å². The van der Waals surface area contributed by atoms with Crippen molar-refractivity contribution in [1.29, 1.82) is 0 Å². The smallest absolute Gasteiger partial charge is 0.870 e. The molecule has 0 atom stereocenters. The molecule has 0 fully saturated rings. The van der Waals surface area contributed by atoms with Crippen LogP contribution >= 0.6 is 0 Å². The molecule has 3 heterocycles. The van der Waals surface area contributed by atoms with E-state index in [1.165, 1.54) is 0 Å². The van der Waals surface area contributed by atoms with E-state index in [9.17, 15) is 19.2 Å². The summed E-state index contributed by atoms with van der Waals surface area (Å²) in [4.78, 5) is 47.2. The Balaban J connectivity index is 0.000000201. The molecule has 0 saturated heterocycles. The summed E-state index contributed by atoms with van der Waals surface area (Å²) in [5.74, 6) is -1.22. The number of carboxylic acids is 1. The predicted octanol–water partition coefficient (Wildman–Crippen LogP) is 13.2. The minimum absolute atomic E-state index is 0. The van der Waals surface area contributed by atoms with Crippen LogP contribution in [0.3, 0.4) is 0 Å². The van der Waals surface area contributed by atoms with Crippen molar-refractivity contribution >= 4 is 56.9 Å². The van der Waals surface area contributed by atoms with E-state index in [1.807, 2.05) is 87.5 Å². The summed E-state index contributed by atoms with van der Waals surface area (Å²) in [6.07, 6.45) is -0.555. The van der Waals surface area contributed by atoms with Crippen molar-refractivity contribution < 1.29 is 104 Å². The van der Waals surface area contributed by atoms with Crippen molar-refractivity contribution in [2.24, 2.45) is 11.5 Å². The summed E-state index contributed by atoms with van der Waals surface area (Å²) in [5, 5.41) is 26.2. The fourth-order valence-corrected chi connectivity index (χ4v) is 11.6. The van der Waals surface area contributed by atoms with Gasteiger partial charge in [-0.05, 0) is 127 Å². The van der Waals surface area contributed by atoms with E-state index in [1.54, 1.807) is 132 Å². The molecule has 546 valence electrons. The second-order valence-electron chi connectivity index (χ2n) is 25.2. The Bertz CT molecular complexity index is 5090. The molecule has 21 nitrogen and oxygen atoms in total. The zero-order valence-corrected chi connectivity index (χ0v) is 60.2. The molecule has 1 amide bonds. The van der Waals surface area contributed by atoms with Crippen LogP contribution in [0.4, 0.5) is 18.0 Å². The van der Waals surface area contributed by atoms with Gasteiger partial charge in [0.1, 0.15) is 60.1 Å². The average molecular weight is 1440 g/mol. The Morgan fingerprint density at radius 2 is 0.783 bits per heavy atom. The molecule has 0 aliphatic heterocycles. The number of nitrogens with zero attached hydrogens (tertiary/aromatic N) is 3. The first-order chi connectivity index (χ1) is 50.0. The molecule has 3 aromatic heterocycles. The first kappa shape index (κ1) is 80.4. The van der Waals surface area contributed by atoms with E-state index in [0.29, 0.717) is 125 Å². The molecule has 0 radical (unpaired) electrons. The third kappa shape index (κ3) is 20.0. The predicted molar refractivity (Wildman–Crippen MR) is 388 cm³/mol. The number of fused-ring (bicyclic) bond motifs is 3. The van der Waals surface area contributed by atoms with Crippen LogP contribution in [0.1, 0.15) is 102 Å². The van der Waals surface area contributed by atoms with Gasteiger partial charge < -0.3 is 69.4 Å². The summed E-state index contributed by atoms with van der Waals surface area (Å²) in [7, 11) is 0. The first-order valence-electron chi connectivity index (χ1n) is 33.6. The Hall–Kier alpha value is -11.3. The molecule has 0 saturated carbocycles. The van der Waals surface area contributed by atoms with E-state index >= 15 is 13.2 Å². The molecule has 0 unspecified atom stereocenters. The van der Waals surface area contributed by atoms with Gasteiger partial charge in [0.25, 0.3) is 0 Å². The van der Waals surface area contributed by atoms with Gasteiger partial charge in [-0.25, -0.2) is 18.0 Å². The standard InChI is InChI=1S/C31H33FN2O6.C26H25FN2O4.C24H21FN2O4.Li.H2O/c1-6-37-27(35)16-21-10-7-8-13-26(21)38-18-20-14-24-19(2)34-40-29(24)25(15-20)23-12-9-11-22(28(23)32)17-33-30(36)39-31(3,4)5;1-3-31-24(30)13-18-7-4-5-10-23(18)32-15-17-11-21-16(2)29-33-26(21)22(12-17)20-9-6-8-19(14-28)25(20)27;1-14-19-9-15(13-30-21-8-3-2-5-16(21)11-22(28)29)10-20(24(19)31-27-14)18-7-4-6-17(12-26)23(18)25;;/h7-15H,6,16-18H2,1-5H3,(H,33,36);4-12H,3,13-15,28H2,1-2H3;2-10H,11-13,26H2,1H3,(H,28,29);;1H2/q;;;+1;/p-1. The number of ether oxygens (including phenoxy) is 6. The van der Waals surface area contributed by atoms with Crippen molar-refractivity contribution in [2.75, 3.05) is 13.2 Å². The maximum absolute atomic E-state index is 15.8.